The molecule has 2 aromatic heterocycles. The standard InChI is InChI=1S/C26H24F2N6O/c1-4-26(18-12-29-33-23(18)31-20-10-25(2,3)32-24(35)21(20)26)15-7-5-6-14(8-15)17-11-30-34-13-16(27)9-19(28)22(17)34/h5-9,11-13,23,31H,4,10H2,1-3H3,(H,32,35)/t23?,26-/m1/s1. The van der Waals surface area contributed by atoms with Gasteiger partial charge in [0.05, 0.1) is 29.6 Å². The van der Waals surface area contributed by atoms with Gasteiger partial charge in [-0.1, -0.05) is 25.1 Å². The number of aromatic nitrogens is 2. The molecule has 1 unspecified atom stereocenters. The minimum absolute atomic E-state index is 0.125. The van der Waals surface area contributed by atoms with Crippen LogP contribution in [0.1, 0.15) is 39.2 Å². The van der Waals surface area contributed by atoms with E-state index < -0.39 is 22.6 Å². The molecule has 2 atom stereocenters. The van der Waals surface area contributed by atoms with Crippen molar-refractivity contribution in [1.82, 2.24) is 20.2 Å². The summed E-state index contributed by atoms with van der Waals surface area (Å²) in [5.74, 6) is -1.51. The molecule has 3 aromatic rings. The van der Waals surface area contributed by atoms with E-state index in [1.165, 1.54) is 10.7 Å². The highest BCUT2D eigenvalue weighted by atomic mass is 19.1. The summed E-state index contributed by atoms with van der Waals surface area (Å²) in [4.78, 5) is 13.5. The number of hydrogen-bond acceptors (Lipinski definition) is 5. The second-order valence-corrected chi connectivity index (χ2v) is 9.93. The molecular formula is C26H24F2N6O. The van der Waals surface area contributed by atoms with Gasteiger partial charge in [0.25, 0.3) is 5.91 Å². The Bertz CT molecular complexity index is 1500. The highest BCUT2D eigenvalue weighted by Gasteiger charge is 2.53. The molecule has 1 amide bonds. The Morgan fingerprint density at radius 1 is 1.23 bits per heavy atom. The second kappa shape index (κ2) is 7.31. The number of fused-ring (bicyclic) bond motifs is 2. The summed E-state index contributed by atoms with van der Waals surface area (Å²) in [6.07, 6.45) is 5.31. The lowest BCUT2D eigenvalue weighted by Crippen LogP contribution is -2.58. The molecule has 0 saturated carbocycles. The van der Waals surface area contributed by atoms with E-state index in [-0.39, 0.29) is 17.6 Å². The molecule has 2 N–H and O–H groups in total. The number of benzene rings is 1. The SMILES string of the molecule is CC[C@@]1(c2cccc(-c3cnn4cc(F)cc(F)c34)c2)C2=CN=NC2NC2=C1C(=O)NC(C)(C)C2. The van der Waals surface area contributed by atoms with Crippen LogP contribution in [0.5, 0.6) is 0 Å². The summed E-state index contributed by atoms with van der Waals surface area (Å²) < 4.78 is 29.7. The molecule has 0 spiro atoms. The highest BCUT2D eigenvalue weighted by molar-refractivity contribution is 6.00. The van der Waals surface area contributed by atoms with Crippen molar-refractivity contribution in [3.05, 3.63) is 83.0 Å². The summed E-state index contributed by atoms with van der Waals surface area (Å²) in [5.41, 5.74) is 3.61. The van der Waals surface area contributed by atoms with Gasteiger partial charge in [0, 0.05) is 34.9 Å². The third kappa shape index (κ3) is 3.07. The van der Waals surface area contributed by atoms with Crippen LogP contribution < -0.4 is 10.6 Å². The quantitative estimate of drug-likeness (QED) is 0.574. The molecule has 0 bridgehead atoms. The number of nitrogens with zero attached hydrogens (tertiary/aromatic N) is 4. The van der Waals surface area contributed by atoms with Gasteiger partial charge in [-0.3, -0.25) is 4.79 Å². The number of hydrogen-bond donors (Lipinski definition) is 2. The van der Waals surface area contributed by atoms with E-state index in [9.17, 15) is 13.6 Å². The van der Waals surface area contributed by atoms with Gasteiger partial charge in [0.1, 0.15) is 11.3 Å². The number of nitrogens with one attached hydrogen (secondary N) is 2. The van der Waals surface area contributed by atoms with Crippen molar-refractivity contribution in [2.45, 2.75) is 50.7 Å². The molecule has 9 heteroatoms. The van der Waals surface area contributed by atoms with Gasteiger partial charge < -0.3 is 10.6 Å². The van der Waals surface area contributed by atoms with E-state index >= 15 is 0 Å². The minimum Gasteiger partial charge on any atom is -0.362 e. The Hall–Kier alpha value is -3.88. The van der Waals surface area contributed by atoms with Gasteiger partial charge >= 0.3 is 0 Å². The predicted octanol–water partition coefficient (Wildman–Crippen LogP) is 4.76. The van der Waals surface area contributed by atoms with Gasteiger partial charge in [-0.2, -0.15) is 15.3 Å². The summed E-state index contributed by atoms with van der Waals surface area (Å²) >= 11 is 0. The molecule has 1 aromatic carbocycles. The molecule has 0 saturated heterocycles. The third-order valence-electron chi connectivity index (χ3n) is 7.23. The lowest BCUT2D eigenvalue weighted by atomic mass is 9.62. The van der Waals surface area contributed by atoms with E-state index in [4.69, 9.17) is 0 Å². The van der Waals surface area contributed by atoms with Crippen molar-refractivity contribution < 1.29 is 13.6 Å². The van der Waals surface area contributed by atoms with Crippen LogP contribution in [0.3, 0.4) is 0 Å². The van der Waals surface area contributed by atoms with Crippen LogP contribution >= 0.6 is 0 Å². The first kappa shape index (κ1) is 21.6. The topological polar surface area (TPSA) is 83.2 Å². The normalized spacial score (nSPS) is 24.7. The molecule has 7 nitrogen and oxygen atoms in total. The smallest absolute Gasteiger partial charge is 0.250 e. The van der Waals surface area contributed by atoms with Crippen LogP contribution in [-0.4, -0.2) is 27.2 Å². The molecule has 6 rings (SSSR count). The van der Waals surface area contributed by atoms with Crippen molar-refractivity contribution in [3.63, 3.8) is 0 Å². The lowest BCUT2D eigenvalue weighted by molar-refractivity contribution is -0.120. The Labute approximate surface area is 200 Å². The monoisotopic (exact) mass is 474 g/mol. The number of amides is 1. The molecule has 3 aliphatic rings. The van der Waals surface area contributed by atoms with Gasteiger partial charge in [-0.15, -0.1) is 0 Å². The van der Waals surface area contributed by atoms with Crippen molar-refractivity contribution in [1.29, 1.82) is 0 Å². The van der Waals surface area contributed by atoms with Gasteiger partial charge in [0.15, 0.2) is 12.0 Å². The maximum atomic E-state index is 14.7. The molecule has 178 valence electrons. The van der Waals surface area contributed by atoms with Crippen LogP contribution in [0.2, 0.25) is 0 Å². The van der Waals surface area contributed by atoms with E-state index in [0.29, 0.717) is 24.0 Å². The van der Waals surface area contributed by atoms with E-state index in [1.54, 1.807) is 6.20 Å². The molecule has 0 radical (unpaired) electrons. The summed E-state index contributed by atoms with van der Waals surface area (Å²) in [7, 11) is 0. The van der Waals surface area contributed by atoms with Crippen LogP contribution in [0.25, 0.3) is 16.6 Å². The Morgan fingerprint density at radius 3 is 2.86 bits per heavy atom. The first-order valence-electron chi connectivity index (χ1n) is 11.6. The van der Waals surface area contributed by atoms with Crippen LogP contribution in [-0.2, 0) is 10.2 Å². The fourth-order valence-corrected chi connectivity index (χ4v) is 5.81. The highest BCUT2D eigenvalue weighted by Crippen LogP contribution is 2.51. The molecule has 35 heavy (non-hydrogen) atoms. The first-order chi connectivity index (χ1) is 16.7. The second-order valence-electron chi connectivity index (χ2n) is 9.93. The van der Waals surface area contributed by atoms with Gasteiger partial charge in [0.2, 0.25) is 0 Å². The van der Waals surface area contributed by atoms with Gasteiger partial charge in [-0.25, -0.2) is 13.3 Å². The number of carbonyl (C=O) groups excluding carboxylic acids is 1. The molecule has 0 fully saturated rings. The Balaban J connectivity index is 1.58. The largest absolute Gasteiger partial charge is 0.362 e. The van der Waals surface area contributed by atoms with E-state index in [0.717, 1.165) is 34.7 Å². The first-order valence-corrected chi connectivity index (χ1v) is 11.6. The number of pyridine rings is 1. The van der Waals surface area contributed by atoms with Crippen LogP contribution in [0.4, 0.5) is 8.78 Å². The van der Waals surface area contributed by atoms with Crippen molar-refractivity contribution in [2.75, 3.05) is 0 Å². The fraction of sp³-hybridized carbons (Fsp3) is 0.308. The zero-order valence-electron chi connectivity index (χ0n) is 19.6. The number of carbonyl (C=O) groups is 1. The fourth-order valence-electron chi connectivity index (χ4n) is 5.81. The summed E-state index contributed by atoms with van der Waals surface area (Å²) in [6, 6.07) is 8.55. The third-order valence-corrected chi connectivity index (χ3v) is 7.23. The molecule has 0 aliphatic carbocycles. The zero-order chi connectivity index (χ0) is 24.5. The molecule has 5 heterocycles. The number of rotatable bonds is 3. The van der Waals surface area contributed by atoms with Gasteiger partial charge in [-0.05, 0) is 37.5 Å². The van der Waals surface area contributed by atoms with Crippen molar-refractivity contribution in [3.8, 4) is 11.1 Å². The summed E-state index contributed by atoms with van der Waals surface area (Å²) in [6.45, 7) is 6.03. The van der Waals surface area contributed by atoms with Crippen molar-refractivity contribution >= 4 is 11.4 Å². The average Bonchev–Trinajstić information content (AvgIpc) is 3.44. The van der Waals surface area contributed by atoms with Crippen molar-refractivity contribution in [2.24, 2.45) is 10.2 Å². The Kier molecular flexibility index (Phi) is 4.52. The van der Waals surface area contributed by atoms with Crippen LogP contribution in [0, 0.1) is 11.6 Å². The maximum Gasteiger partial charge on any atom is 0.250 e. The lowest BCUT2D eigenvalue weighted by Gasteiger charge is -2.48. The minimum atomic E-state index is -0.765. The maximum absolute atomic E-state index is 14.7. The molecule has 3 aliphatic heterocycles. The molecular weight excluding hydrogens is 450 g/mol. The van der Waals surface area contributed by atoms with E-state index in [2.05, 4.69) is 26.0 Å². The average molecular weight is 475 g/mol. The Morgan fingerprint density at radius 2 is 2.06 bits per heavy atom. The summed E-state index contributed by atoms with van der Waals surface area (Å²) in [5, 5.41) is 19.3. The van der Waals surface area contributed by atoms with E-state index in [1.807, 2.05) is 45.0 Å². The van der Waals surface area contributed by atoms with Crippen LogP contribution in [0.15, 0.2) is 76.0 Å². The zero-order valence-corrected chi connectivity index (χ0v) is 19.6. The number of azo groups is 1. The number of halogens is 2. The predicted molar refractivity (Wildman–Crippen MR) is 126 cm³/mol.